The molecule has 0 N–H and O–H groups in total. The van der Waals surface area contributed by atoms with Crippen molar-refractivity contribution < 1.29 is 14.3 Å². The van der Waals surface area contributed by atoms with Gasteiger partial charge in [-0.05, 0) is 37.6 Å². The summed E-state index contributed by atoms with van der Waals surface area (Å²) in [4.78, 5) is 18.9. The number of hydrogen-bond acceptors (Lipinski definition) is 5. The number of hydrogen-bond donors (Lipinski definition) is 0. The molecule has 6 heteroatoms. The van der Waals surface area contributed by atoms with Gasteiger partial charge in [0.1, 0.15) is 6.10 Å². The van der Waals surface area contributed by atoms with E-state index < -0.39 is 0 Å². The van der Waals surface area contributed by atoms with E-state index in [-0.39, 0.29) is 18.1 Å². The van der Waals surface area contributed by atoms with Crippen molar-refractivity contribution in [3.05, 3.63) is 54.1 Å². The number of anilines is 1. The standard InChI is InChI=1S/C25H33N3O3/c1-19(29)28-14-13-27(17-22(28)15-20-7-5-4-6-8-20)21-9-10-24(30-3)25(16-21)31-23-11-12-26(2)18-23/h4-10,16,22-23H,11-15,17-18H2,1-3H3. The van der Waals surface area contributed by atoms with E-state index >= 15 is 0 Å². The molecule has 2 aliphatic rings. The van der Waals surface area contributed by atoms with Gasteiger partial charge >= 0.3 is 0 Å². The number of rotatable bonds is 6. The van der Waals surface area contributed by atoms with Crippen LogP contribution in [0.4, 0.5) is 5.69 Å². The highest BCUT2D eigenvalue weighted by molar-refractivity contribution is 5.74. The van der Waals surface area contributed by atoms with Gasteiger partial charge < -0.3 is 24.2 Å². The molecule has 6 nitrogen and oxygen atoms in total. The van der Waals surface area contributed by atoms with Gasteiger partial charge in [0.2, 0.25) is 5.91 Å². The summed E-state index contributed by atoms with van der Waals surface area (Å²) >= 11 is 0. The zero-order valence-electron chi connectivity index (χ0n) is 18.8. The van der Waals surface area contributed by atoms with Crippen LogP contribution in [0.15, 0.2) is 48.5 Å². The van der Waals surface area contributed by atoms with Gasteiger partial charge in [-0.1, -0.05) is 30.3 Å². The monoisotopic (exact) mass is 423 g/mol. The summed E-state index contributed by atoms with van der Waals surface area (Å²) in [7, 11) is 3.81. The second kappa shape index (κ2) is 9.60. The molecule has 2 aromatic carbocycles. The third kappa shape index (κ3) is 5.13. The summed E-state index contributed by atoms with van der Waals surface area (Å²) in [6, 6.07) is 16.7. The van der Waals surface area contributed by atoms with Gasteiger partial charge in [0.25, 0.3) is 0 Å². The lowest BCUT2D eigenvalue weighted by Gasteiger charge is -2.42. The molecule has 166 valence electrons. The Morgan fingerprint density at radius 2 is 1.84 bits per heavy atom. The van der Waals surface area contributed by atoms with E-state index in [1.165, 1.54) is 5.56 Å². The number of ether oxygens (including phenoxy) is 2. The minimum atomic E-state index is 0.142. The van der Waals surface area contributed by atoms with Crippen LogP contribution in [0.1, 0.15) is 18.9 Å². The Kier molecular flexibility index (Phi) is 6.66. The lowest BCUT2D eigenvalue weighted by Crippen LogP contribution is -2.55. The highest BCUT2D eigenvalue weighted by Crippen LogP contribution is 2.34. The highest BCUT2D eigenvalue weighted by Gasteiger charge is 2.30. The molecule has 1 amide bonds. The summed E-state index contributed by atoms with van der Waals surface area (Å²) in [5.74, 6) is 1.71. The van der Waals surface area contributed by atoms with Gasteiger partial charge in [-0.2, -0.15) is 0 Å². The number of likely N-dealkylation sites (tertiary alicyclic amines) is 1. The summed E-state index contributed by atoms with van der Waals surface area (Å²) < 4.78 is 11.9. The quantitative estimate of drug-likeness (QED) is 0.715. The first-order chi connectivity index (χ1) is 15.0. The first-order valence-corrected chi connectivity index (χ1v) is 11.1. The fourth-order valence-electron chi connectivity index (χ4n) is 4.69. The van der Waals surface area contributed by atoms with E-state index in [4.69, 9.17) is 9.47 Å². The SMILES string of the molecule is COc1ccc(N2CCN(C(C)=O)C(Cc3ccccc3)C2)cc1OC1CCN(C)C1. The van der Waals surface area contributed by atoms with Gasteiger partial charge in [0.15, 0.2) is 11.5 Å². The fraction of sp³-hybridized carbons (Fsp3) is 0.480. The van der Waals surface area contributed by atoms with Crippen molar-refractivity contribution in [2.24, 2.45) is 0 Å². The van der Waals surface area contributed by atoms with Crippen LogP contribution < -0.4 is 14.4 Å². The minimum absolute atomic E-state index is 0.142. The van der Waals surface area contributed by atoms with Crippen LogP contribution in [0.25, 0.3) is 0 Å². The van der Waals surface area contributed by atoms with Gasteiger partial charge in [-0.25, -0.2) is 0 Å². The zero-order valence-corrected chi connectivity index (χ0v) is 18.8. The van der Waals surface area contributed by atoms with E-state index in [0.717, 1.165) is 62.8 Å². The summed E-state index contributed by atoms with van der Waals surface area (Å²) in [6.45, 7) is 5.99. The summed E-state index contributed by atoms with van der Waals surface area (Å²) in [5, 5.41) is 0. The van der Waals surface area contributed by atoms with Crippen LogP contribution >= 0.6 is 0 Å². The largest absolute Gasteiger partial charge is 0.493 e. The minimum Gasteiger partial charge on any atom is -0.493 e. The number of likely N-dealkylation sites (N-methyl/N-ethyl adjacent to an activating group) is 1. The molecule has 0 radical (unpaired) electrons. The predicted octanol–water partition coefficient (Wildman–Crippen LogP) is 3.06. The van der Waals surface area contributed by atoms with Crippen molar-refractivity contribution in [3.8, 4) is 11.5 Å². The van der Waals surface area contributed by atoms with Crippen LogP contribution in [0.5, 0.6) is 11.5 Å². The molecule has 2 aliphatic heterocycles. The molecule has 2 saturated heterocycles. The Morgan fingerprint density at radius 1 is 1.03 bits per heavy atom. The summed E-state index contributed by atoms with van der Waals surface area (Å²) in [6.07, 6.45) is 2.07. The van der Waals surface area contributed by atoms with Gasteiger partial charge in [-0.15, -0.1) is 0 Å². The Bertz CT molecular complexity index is 889. The third-order valence-electron chi connectivity index (χ3n) is 6.36. The van der Waals surface area contributed by atoms with E-state index in [1.54, 1.807) is 14.0 Å². The van der Waals surface area contributed by atoms with E-state index in [0.29, 0.717) is 0 Å². The van der Waals surface area contributed by atoms with Crippen molar-refractivity contribution in [1.29, 1.82) is 0 Å². The number of carbonyl (C=O) groups excluding carboxylic acids is 1. The van der Waals surface area contributed by atoms with Crippen molar-refractivity contribution in [2.75, 3.05) is 51.8 Å². The van der Waals surface area contributed by atoms with Crippen LogP contribution in [-0.4, -0.2) is 74.7 Å². The van der Waals surface area contributed by atoms with E-state index in [9.17, 15) is 4.79 Å². The van der Waals surface area contributed by atoms with Gasteiger partial charge in [0, 0.05) is 51.4 Å². The van der Waals surface area contributed by atoms with Crippen molar-refractivity contribution >= 4 is 11.6 Å². The van der Waals surface area contributed by atoms with Crippen LogP contribution in [0.2, 0.25) is 0 Å². The van der Waals surface area contributed by atoms with E-state index in [1.807, 2.05) is 17.0 Å². The highest BCUT2D eigenvalue weighted by atomic mass is 16.5. The van der Waals surface area contributed by atoms with Crippen molar-refractivity contribution in [2.45, 2.75) is 31.9 Å². The molecule has 2 aromatic rings. The number of carbonyl (C=O) groups is 1. The molecular formula is C25H33N3O3. The summed E-state index contributed by atoms with van der Waals surface area (Å²) in [5.41, 5.74) is 2.37. The maximum Gasteiger partial charge on any atom is 0.219 e. The molecular weight excluding hydrogens is 390 g/mol. The number of amides is 1. The van der Waals surface area contributed by atoms with E-state index in [2.05, 4.69) is 53.2 Å². The maximum atomic E-state index is 12.3. The van der Waals surface area contributed by atoms with Crippen molar-refractivity contribution in [1.82, 2.24) is 9.80 Å². The third-order valence-corrected chi connectivity index (χ3v) is 6.36. The molecule has 2 unspecified atom stereocenters. The first-order valence-electron chi connectivity index (χ1n) is 11.1. The Morgan fingerprint density at radius 3 is 2.52 bits per heavy atom. The average Bonchev–Trinajstić information content (AvgIpc) is 3.18. The molecule has 0 aromatic heterocycles. The second-order valence-electron chi connectivity index (χ2n) is 8.63. The lowest BCUT2D eigenvalue weighted by atomic mass is 10.0. The average molecular weight is 424 g/mol. The smallest absolute Gasteiger partial charge is 0.219 e. The molecule has 2 heterocycles. The van der Waals surface area contributed by atoms with Crippen LogP contribution in [-0.2, 0) is 11.2 Å². The fourth-order valence-corrected chi connectivity index (χ4v) is 4.69. The molecule has 0 bridgehead atoms. The maximum absolute atomic E-state index is 12.3. The molecule has 0 aliphatic carbocycles. The molecule has 0 spiro atoms. The Hall–Kier alpha value is -2.73. The normalized spacial score (nSPS) is 21.9. The lowest BCUT2D eigenvalue weighted by molar-refractivity contribution is -0.131. The molecule has 31 heavy (non-hydrogen) atoms. The molecule has 4 rings (SSSR count). The number of methoxy groups -OCH3 is 1. The second-order valence-corrected chi connectivity index (χ2v) is 8.63. The number of benzene rings is 2. The van der Waals surface area contributed by atoms with Gasteiger partial charge in [0.05, 0.1) is 13.2 Å². The molecule has 2 fully saturated rings. The first kappa shape index (κ1) is 21.5. The molecule has 0 saturated carbocycles. The molecule has 2 atom stereocenters. The zero-order chi connectivity index (χ0) is 21.8. The Labute approximate surface area is 185 Å². The van der Waals surface area contributed by atoms with Crippen LogP contribution in [0, 0.1) is 0 Å². The predicted molar refractivity (Wildman–Crippen MR) is 123 cm³/mol. The van der Waals surface area contributed by atoms with Crippen molar-refractivity contribution in [3.63, 3.8) is 0 Å². The van der Waals surface area contributed by atoms with Gasteiger partial charge in [-0.3, -0.25) is 4.79 Å². The number of nitrogens with zero attached hydrogens (tertiary/aromatic N) is 3. The topological polar surface area (TPSA) is 45.3 Å². The van der Waals surface area contributed by atoms with Crippen LogP contribution in [0.3, 0.4) is 0 Å². The number of piperazine rings is 1. The Balaban J connectivity index is 1.52.